The lowest BCUT2D eigenvalue weighted by Gasteiger charge is -1.94. The summed E-state index contributed by atoms with van der Waals surface area (Å²) in [6.07, 6.45) is 0. The Hall–Kier alpha value is -0.850. The molecule has 0 saturated heterocycles. The van der Waals surface area contributed by atoms with E-state index in [0.717, 1.165) is 18.0 Å². The quantitative estimate of drug-likeness (QED) is 0.742. The minimum absolute atomic E-state index is 0.790. The highest BCUT2D eigenvalue weighted by molar-refractivity contribution is 7.12. The van der Waals surface area contributed by atoms with Crippen molar-refractivity contribution in [2.45, 2.75) is 13.5 Å². The van der Waals surface area contributed by atoms with Crippen LogP contribution in [0.4, 0.5) is 0 Å². The van der Waals surface area contributed by atoms with Crippen molar-refractivity contribution in [3.05, 3.63) is 21.9 Å². The molecule has 0 bridgehead atoms. The zero-order chi connectivity index (χ0) is 8.10. The molecule has 1 N–H and O–H groups in total. The number of hydrogen-bond acceptors (Lipinski definition) is 3. The van der Waals surface area contributed by atoms with Crippen molar-refractivity contribution in [1.82, 2.24) is 5.32 Å². The van der Waals surface area contributed by atoms with E-state index in [1.165, 1.54) is 4.88 Å². The fraction of sp³-hybridized carbons (Fsp3) is 0.375. The Morgan fingerprint density at radius 1 is 1.64 bits per heavy atom. The standard InChI is InChI=1S/C8H10N2S/c1-2-10-6-8-4-3-7(5-9)11-8/h3-4,10H,2,6H2,1H3. The molecule has 58 valence electrons. The van der Waals surface area contributed by atoms with Gasteiger partial charge in [0.05, 0.1) is 0 Å². The van der Waals surface area contributed by atoms with E-state index in [2.05, 4.69) is 18.3 Å². The molecular weight excluding hydrogens is 156 g/mol. The molecule has 1 rings (SSSR count). The van der Waals surface area contributed by atoms with E-state index < -0.39 is 0 Å². The summed E-state index contributed by atoms with van der Waals surface area (Å²) in [4.78, 5) is 2.02. The molecule has 0 aliphatic carbocycles. The van der Waals surface area contributed by atoms with Crippen LogP contribution < -0.4 is 5.32 Å². The topological polar surface area (TPSA) is 35.8 Å². The van der Waals surface area contributed by atoms with Gasteiger partial charge in [-0.25, -0.2) is 0 Å². The van der Waals surface area contributed by atoms with Gasteiger partial charge in [0.2, 0.25) is 0 Å². The predicted molar refractivity (Wildman–Crippen MR) is 46.4 cm³/mol. The predicted octanol–water partition coefficient (Wildman–Crippen LogP) is 1.73. The highest BCUT2D eigenvalue weighted by atomic mass is 32.1. The van der Waals surface area contributed by atoms with E-state index in [1.54, 1.807) is 11.3 Å². The molecule has 1 heterocycles. The molecule has 0 aromatic carbocycles. The molecular formula is C8H10N2S. The van der Waals surface area contributed by atoms with Gasteiger partial charge in [-0.15, -0.1) is 11.3 Å². The molecule has 0 radical (unpaired) electrons. The van der Waals surface area contributed by atoms with Gasteiger partial charge in [-0.1, -0.05) is 6.92 Å². The number of rotatable bonds is 3. The van der Waals surface area contributed by atoms with Gasteiger partial charge in [-0.05, 0) is 18.7 Å². The summed E-state index contributed by atoms with van der Waals surface area (Å²) in [7, 11) is 0. The number of nitrogens with zero attached hydrogens (tertiary/aromatic N) is 1. The molecule has 1 aromatic heterocycles. The number of nitrogens with one attached hydrogen (secondary N) is 1. The van der Waals surface area contributed by atoms with E-state index in [1.807, 2.05) is 12.1 Å². The first-order chi connectivity index (χ1) is 5.36. The second-order valence-corrected chi connectivity index (χ2v) is 3.33. The molecule has 0 amide bonds. The Balaban J connectivity index is 2.53. The third kappa shape index (κ3) is 2.34. The van der Waals surface area contributed by atoms with Gasteiger partial charge in [0.1, 0.15) is 10.9 Å². The number of thiophene rings is 1. The molecule has 0 unspecified atom stereocenters. The molecule has 1 aromatic rings. The molecule has 3 heteroatoms. The maximum Gasteiger partial charge on any atom is 0.110 e. The van der Waals surface area contributed by atoms with Crippen molar-refractivity contribution in [3.63, 3.8) is 0 Å². The smallest absolute Gasteiger partial charge is 0.110 e. The summed E-state index contributed by atoms with van der Waals surface area (Å²) in [6.45, 7) is 3.92. The average molecular weight is 166 g/mol. The van der Waals surface area contributed by atoms with Crippen molar-refractivity contribution in [3.8, 4) is 6.07 Å². The molecule has 0 fully saturated rings. The summed E-state index contributed by atoms with van der Waals surface area (Å²) >= 11 is 1.55. The van der Waals surface area contributed by atoms with Crippen LogP contribution in [0, 0.1) is 11.3 Å². The highest BCUT2D eigenvalue weighted by Gasteiger charge is 1.96. The summed E-state index contributed by atoms with van der Waals surface area (Å²) in [6, 6.07) is 5.96. The van der Waals surface area contributed by atoms with Crippen molar-refractivity contribution in [2.75, 3.05) is 6.54 Å². The minimum atomic E-state index is 0.790. The Kier molecular flexibility index (Phi) is 3.09. The van der Waals surface area contributed by atoms with Crippen molar-refractivity contribution in [2.24, 2.45) is 0 Å². The molecule has 11 heavy (non-hydrogen) atoms. The Labute approximate surface area is 70.5 Å². The summed E-state index contributed by atoms with van der Waals surface area (Å²) in [5.41, 5.74) is 0. The first-order valence-corrected chi connectivity index (χ1v) is 4.38. The van der Waals surface area contributed by atoms with Gasteiger partial charge in [0, 0.05) is 11.4 Å². The molecule has 0 saturated carbocycles. The van der Waals surface area contributed by atoms with Crippen LogP contribution in [0.15, 0.2) is 12.1 Å². The molecule has 0 atom stereocenters. The van der Waals surface area contributed by atoms with Gasteiger partial charge in [-0.2, -0.15) is 5.26 Å². The maximum atomic E-state index is 8.52. The SMILES string of the molecule is CCNCc1ccc(C#N)s1. The van der Waals surface area contributed by atoms with Crippen molar-refractivity contribution < 1.29 is 0 Å². The monoisotopic (exact) mass is 166 g/mol. The van der Waals surface area contributed by atoms with Crippen LogP contribution in [0.1, 0.15) is 16.7 Å². The van der Waals surface area contributed by atoms with Crippen LogP contribution in [0.2, 0.25) is 0 Å². The lowest BCUT2D eigenvalue weighted by molar-refractivity contribution is 0.735. The third-order valence-corrected chi connectivity index (χ3v) is 2.31. The van der Waals surface area contributed by atoms with Gasteiger partial charge >= 0.3 is 0 Å². The Morgan fingerprint density at radius 2 is 2.45 bits per heavy atom. The zero-order valence-corrected chi connectivity index (χ0v) is 7.24. The minimum Gasteiger partial charge on any atom is -0.312 e. The van der Waals surface area contributed by atoms with Crippen molar-refractivity contribution in [1.29, 1.82) is 5.26 Å². The highest BCUT2D eigenvalue weighted by Crippen LogP contribution is 2.14. The fourth-order valence-electron chi connectivity index (χ4n) is 0.781. The van der Waals surface area contributed by atoms with Crippen LogP contribution in [0.25, 0.3) is 0 Å². The maximum absolute atomic E-state index is 8.52. The lowest BCUT2D eigenvalue weighted by Crippen LogP contribution is -2.10. The van der Waals surface area contributed by atoms with Crippen LogP contribution in [-0.2, 0) is 6.54 Å². The van der Waals surface area contributed by atoms with Crippen LogP contribution in [0.5, 0.6) is 0 Å². The van der Waals surface area contributed by atoms with Gasteiger partial charge in [0.15, 0.2) is 0 Å². The van der Waals surface area contributed by atoms with E-state index >= 15 is 0 Å². The molecule has 0 aliphatic heterocycles. The zero-order valence-electron chi connectivity index (χ0n) is 6.42. The van der Waals surface area contributed by atoms with E-state index in [-0.39, 0.29) is 0 Å². The lowest BCUT2D eigenvalue weighted by atomic mass is 10.4. The Bertz CT molecular complexity index is 259. The van der Waals surface area contributed by atoms with Gasteiger partial charge in [-0.3, -0.25) is 0 Å². The largest absolute Gasteiger partial charge is 0.312 e. The first-order valence-electron chi connectivity index (χ1n) is 3.56. The molecule has 2 nitrogen and oxygen atoms in total. The second kappa shape index (κ2) is 4.12. The normalized spacial score (nSPS) is 9.45. The Morgan fingerprint density at radius 3 is 3.00 bits per heavy atom. The number of hydrogen-bond donors (Lipinski definition) is 1. The molecule has 0 spiro atoms. The summed E-state index contributed by atoms with van der Waals surface area (Å²) in [5, 5.41) is 11.7. The number of nitriles is 1. The first kappa shape index (κ1) is 8.25. The molecule has 0 aliphatic rings. The van der Waals surface area contributed by atoms with E-state index in [4.69, 9.17) is 5.26 Å². The summed E-state index contributed by atoms with van der Waals surface area (Å²) in [5.74, 6) is 0. The van der Waals surface area contributed by atoms with Crippen molar-refractivity contribution >= 4 is 11.3 Å². The fourth-order valence-corrected chi connectivity index (χ4v) is 1.56. The third-order valence-electron chi connectivity index (χ3n) is 1.32. The van der Waals surface area contributed by atoms with E-state index in [0.29, 0.717) is 0 Å². The van der Waals surface area contributed by atoms with Crippen LogP contribution >= 0.6 is 11.3 Å². The van der Waals surface area contributed by atoms with E-state index in [9.17, 15) is 0 Å². The van der Waals surface area contributed by atoms with Gasteiger partial charge in [0.25, 0.3) is 0 Å². The van der Waals surface area contributed by atoms with Gasteiger partial charge < -0.3 is 5.32 Å². The van der Waals surface area contributed by atoms with Crippen LogP contribution in [0.3, 0.4) is 0 Å². The summed E-state index contributed by atoms with van der Waals surface area (Å²) < 4.78 is 0. The second-order valence-electron chi connectivity index (χ2n) is 2.16. The average Bonchev–Trinajstić information content (AvgIpc) is 2.48. The van der Waals surface area contributed by atoms with Crippen LogP contribution in [-0.4, -0.2) is 6.54 Å².